The number of aliphatic hydroxyl groups is 1. The third-order valence-electron chi connectivity index (χ3n) is 3.46. The van der Waals surface area contributed by atoms with Gasteiger partial charge in [-0.1, -0.05) is 11.8 Å². The average molecular weight is 738 g/mol. The number of thioether (sulfide) groups is 9. The predicted molar refractivity (Wildman–Crippen MR) is 196 cm³/mol. The highest BCUT2D eigenvalue weighted by atomic mass is 32.3. The molecule has 7 nitrogen and oxygen atoms in total. The summed E-state index contributed by atoms with van der Waals surface area (Å²) in [5, 5.41) is 17.0. The largest absolute Gasteiger partial charge is 0.386 e. The van der Waals surface area contributed by atoms with E-state index in [-0.39, 0.29) is 11.2 Å². The quantitative estimate of drug-likeness (QED) is 0.0453. The molecule has 0 aromatic rings. The van der Waals surface area contributed by atoms with Crippen LogP contribution in [-0.2, 0) is 21.6 Å². The summed E-state index contributed by atoms with van der Waals surface area (Å²) < 4.78 is 23.3. The fourth-order valence-electron chi connectivity index (χ4n) is 1.86. The lowest BCUT2D eigenvalue weighted by molar-refractivity contribution is 0.261. The van der Waals surface area contributed by atoms with E-state index in [4.69, 9.17) is 5.11 Å². The van der Waals surface area contributed by atoms with E-state index in [1.54, 1.807) is 17.3 Å². The van der Waals surface area contributed by atoms with Crippen LogP contribution in [-0.4, -0.2) is 120 Å². The molecule has 1 amide bonds. The number of hydrogen-bond donors (Lipinski definition) is 2. The van der Waals surface area contributed by atoms with Crippen LogP contribution >= 0.6 is 106 Å². The SMILES string of the molecule is CCN=CS(=O)CCSCSCSCCSC(=O)NCCSCSCSCCN=CS(=O)CSCSCO. The van der Waals surface area contributed by atoms with Gasteiger partial charge in [0.2, 0.25) is 0 Å². The van der Waals surface area contributed by atoms with Crippen LogP contribution in [0.5, 0.6) is 0 Å². The van der Waals surface area contributed by atoms with E-state index in [2.05, 4.69) is 15.3 Å². The van der Waals surface area contributed by atoms with Gasteiger partial charge in [0, 0.05) is 79.6 Å². The van der Waals surface area contributed by atoms with Crippen molar-refractivity contribution in [2.45, 2.75) is 6.92 Å². The maximum absolute atomic E-state index is 11.9. The lowest BCUT2D eigenvalue weighted by atomic mass is 10.8. The van der Waals surface area contributed by atoms with Crippen LogP contribution in [0, 0.1) is 0 Å². The summed E-state index contributed by atoms with van der Waals surface area (Å²) in [7, 11) is -1.97. The molecule has 18 heteroatoms. The van der Waals surface area contributed by atoms with E-state index < -0.39 is 21.6 Å². The standard InChI is InChI=1S/C20H39N3O4S11/c1-2-21-11-37(26)10-9-31-17-34-16-30-7-8-36-20(25)23-4-6-29-15-33-14-28-5-3-22-12-38(27)19-35-18-32-13-24/h11-12,24H,2-10,13-19H2,1H3,(H,23,25). The molecule has 0 aliphatic carbocycles. The lowest BCUT2D eigenvalue weighted by Gasteiger charge is -2.05. The molecule has 0 fully saturated rings. The topological polar surface area (TPSA) is 108 Å². The number of nitrogens with one attached hydrogen (secondary N) is 1. The number of carbonyl (C=O) groups is 1. The highest BCUT2D eigenvalue weighted by Gasteiger charge is 2.02. The van der Waals surface area contributed by atoms with Crippen LogP contribution in [0.2, 0.25) is 0 Å². The minimum atomic E-state index is -1.03. The first-order chi connectivity index (χ1) is 18.6. The average Bonchev–Trinajstić information content (AvgIpc) is 2.91. The molecule has 38 heavy (non-hydrogen) atoms. The molecule has 0 rings (SSSR count). The summed E-state index contributed by atoms with van der Waals surface area (Å²) in [6.07, 6.45) is 0. The maximum atomic E-state index is 11.9. The summed E-state index contributed by atoms with van der Waals surface area (Å²) >= 11 is 15.4. The first-order valence-corrected chi connectivity index (χ1v) is 24.5. The second kappa shape index (κ2) is 33.7. The van der Waals surface area contributed by atoms with Crippen molar-refractivity contribution in [1.29, 1.82) is 0 Å². The number of nitrogens with zero attached hydrogens (tertiary/aromatic N) is 2. The van der Waals surface area contributed by atoms with Gasteiger partial charge in [0.25, 0.3) is 5.24 Å². The molecular formula is C20H39N3O4S11. The summed E-state index contributed by atoms with van der Waals surface area (Å²) in [5.41, 5.74) is 3.08. The van der Waals surface area contributed by atoms with Crippen LogP contribution in [0.1, 0.15) is 6.92 Å². The normalized spacial score (nSPS) is 13.4. The van der Waals surface area contributed by atoms with Crippen molar-refractivity contribution < 1.29 is 18.3 Å². The van der Waals surface area contributed by atoms with Gasteiger partial charge in [0.15, 0.2) is 0 Å². The number of carbonyl (C=O) groups excluding carboxylic acids is 1. The van der Waals surface area contributed by atoms with Gasteiger partial charge in [0.05, 0.1) is 43.7 Å². The van der Waals surface area contributed by atoms with Crippen LogP contribution in [0.4, 0.5) is 4.79 Å². The number of rotatable bonds is 28. The number of aliphatic imine (C=N–C) groups is 2. The lowest BCUT2D eigenvalue weighted by Crippen LogP contribution is -2.22. The van der Waals surface area contributed by atoms with Gasteiger partial charge in [-0.2, -0.15) is 23.5 Å². The molecule has 2 unspecified atom stereocenters. The van der Waals surface area contributed by atoms with Gasteiger partial charge in [-0.3, -0.25) is 23.2 Å². The Morgan fingerprint density at radius 2 is 1.39 bits per heavy atom. The molecular weight excluding hydrogens is 699 g/mol. The molecule has 0 saturated heterocycles. The summed E-state index contributed by atoms with van der Waals surface area (Å²) in [6.45, 7) is 4.00. The van der Waals surface area contributed by atoms with Gasteiger partial charge in [-0.15, -0.1) is 70.6 Å². The van der Waals surface area contributed by atoms with E-state index in [0.29, 0.717) is 30.5 Å². The third kappa shape index (κ3) is 32.7. The van der Waals surface area contributed by atoms with Crippen LogP contribution < -0.4 is 5.32 Å². The Bertz CT molecular complexity index is 664. The predicted octanol–water partition coefficient (Wildman–Crippen LogP) is 5.56. The Balaban J connectivity index is 3.32. The van der Waals surface area contributed by atoms with Gasteiger partial charge >= 0.3 is 0 Å². The van der Waals surface area contributed by atoms with E-state index in [1.165, 1.54) is 29.1 Å². The second-order valence-electron chi connectivity index (χ2n) is 6.43. The molecule has 0 aromatic carbocycles. The molecule has 2 N–H and O–H groups in total. The molecule has 0 saturated carbocycles. The van der Waals surface area contributed by atoms with Gasteiger partial charge in [-0.05, 0) is 6.92 Å². The molecule has 0 aliphatic rings. The number of amides is 1. The summed E-state index contributed by atoms with van der Waals surface area (Å²) in [5.74, 6) is 5.27. The molecule has 0 spiro atoms. The summed E-state index contributed by atoms with van der Waals surface area (Å²) in [6, 6.07) is 0. The highest BCUT2D eigenvalue weighted by molar-refractivity contribution is 8.23. The van der Waals surface area contributed by atoms with Crippen molar-refractivity contribution in [3.8, 4) is 0 Å². The first kappa shape index (κ1) is 40.2. The maximum Gasteiger partial charge on any atom is 0.279 e. The first-order valence-electron chi connectivity index (χ1n) is 11.5. The van der Waals surface area contributed by atoms with Gasteiger partial charge in [0.1, 0.15) is 0 Å². The van der Waals surface area contributed by atoms with Crippen molar-refractivity contribution >= 4 is 144 Å². The van der Waals surface area contributed by atoms with Crippen molar-refractivity contribution in [2.24, 2.45) is 9.98 Å². The zero-order valence-corrected chi connectivity index (χ0v) is 30.5. The molecule has 0 aliphatic heterocycles. The third-order valence-corrected chi connectivity index (χ3v) is 16.6. The summed E-state index contributed by atoms with van der Waals surface area (Å²) in [4.78, 5) is 20.1. The van der Waals surface area contributed by atoms with Gasteiger partial charge < -0.3 is 10.4 Å². The Hall–Kier alpha value is 2.22. The van der Waals surface area contributed by atoms with Crippen molar-refractivity contribution in [1.82, 2.24) is 5.32 Å². The Morgan fingerprint density at radius 3 is 2.11 bits per heavy atom. The number of hydrogen-bond acceptors (Lipinski definition) is 15. The Labute approximate surface area is 272 Å². The molecule has 0 radical (unpaired) electrons. The Morgan fingerprint density at radius 1 is 0.763 bits per heavy atom. The van der Waals surface area contributed by atoms with E-state index >= 15 is 0 Å². The van der Waals surface area contributed by atoms with E-state index in [1.807, 2.05) is 77.5 Å². The van der Waals surface area contributed by atoms with Crippen LogP contribution in [0.3, 0.4) is 0 Å². The monoisotopic (exact) mass is 737 g/mol. The molecule has 0 bridgehead atoms. The zero-order valence-electron chi connectivity index (χ0n) is 21.5. The molecule has 2 atom stereocenters. The van der Waals surface area contributed by atoms with Crippen molar-refractivity contribution in [2.75, 3.05) is 90.6 Å². The zero-order chi connectivity index (χ0) is 27.9. The Kier molecular flexibility index (Phi) is 35.7. The van der Waals surface area contributed by atoms with Crippen LogP contribution in [0.25, 0.3) is 0 Å². The fourth-order valence-corrected chi connectivity index (χ4v) is 13.4. The van der Waals surface area contributed by atoms with E-state index in [0.717, 1.165) is 54.2 Å². The van der Waals surface area contributed by atoms with E-state index in [9.17, 15) is 13.2 Å². The fraction of sp³-hybridized carbons (Fsp3) is 0.850. The highest BCUT2D eigenvalue weighted by Crippen LogP contribution is 2.19. The minimum Gasteiger partial charge on any atom is -0.386 e. The molecule has 224 valence electrons. The second-order valence-corrected chi connectivity index (χ2v) is 20.7. The van der Waals surface area contributed by atoms with Crippen LogP contribution in [0.15, 0.2) is 9.98 Å². The molecule has 0 aromatic heterocycles. The minimum absolute atomic E-state index is 0.0568. The van der Waals surface area contributed by atoms with Gasteiger partial charge in [-0.25, -0.2) is 0 Å². The van der Waals surface area contributed by atoms with Crippen molar-refractivity contribution in [3.63, 3.8) is 0 Å². The van der Waals surface area contributed by atoms with Crippen molar-refractivity contribution in [3.05, 3.63) is 0 Å². The number of aliphatic hydroxyl groups excluding tert-OH is 1. The molecule has 0 heterocycles. The smallest absolute Gasteiger partial charge is 0.279 e.